The molecule has 2 aromatic rings. The van der Waals surface area contributed by atoms with E-state index in [2.05, 4.69) is 21.2 Å². The van der Waals surface area contributed by atoms with Crippen LogP contribution in [0.4, 0.5) is 10.1 Å². The molecule has 1 aliphatic rings. The van der Waals surface area contributed by atoms with Crippen LogP contribution in [0, 0.1) is 5.82 Å². The normalized spacial score (nSPS) is 16.4. The van der Waals surface area contributed by atoms with E-state index >= 15 is 0 Å². The van der Waals surface area contributed by atoms with Crippen molar-refractivity contribution >= 4 is 27.5 Å². The van der Waals surface area contributed by atoms with Crippen LogP contribution in [0.3, 0.4) is 0 Å². The van der Waals surface area contributed by atoms with Gasteiger partial charge < -0.3 is 5.32 Å². The largest absolute Gasteiger partial charge is 0.326 e. The van der Waals surface area contributed by atoms with Gasteiger partial charge in [0.1, 0.15) is 5.82 Å². The van der Waals surface area contributed by atoms with Crippen LogP contribution in [0.5, 0.6) is 0 Å². The van der Waals surface area contributed by atoms with Crippen LogP contribution in [-0.4, -0.2) is 5.91 Å². The van der Waals surface area contributed by atoms with Crippen LogP contribution >= 0.6 is 15.9 Å². The zero-order valence-corrected chi connectivity index (χ0v) is 11.6. The Morgan fingerprint density at radius 1 is 1.26 bits per heavy atom. The van der Waals surface area contributed by atoms with Crippen LogP contribution < -0.4 is 5.32 Å². The van der Waals surface area contributed by atoms with Gasteiger partial charge in [0.2, 0.25) is 5.91 Å². The molecule has 4 heteroatoms. The second-order valence-electron chi connectivity index (χ2n) is 4.57. The highest BCUT2D eigenvalue weighted by atomic mass is 79.9. The summed E-state index contributed by atoms with van der Waals surface area (Å²) < 4.78 is 13.5. The van der Waals surface area contributed by atoms with E-state index in [9.17, 15) is 9.18 Å². The fraction of sp³-hybridized carbons (Fsp3) is 0.133. The van der Waals surface area contributed by atoms with Crippen molar-refractivity contribution in [1.82, 2.24) is 0 Å². The molecule has 2 nitrogen and oxygen atoms in total. The van der Waals surface area contributed by atoms with Gasteiger partial charge in [0, 0.05) is 5.69 Å². The zero-order valence-electron chi connectivity index (χ0n) is 9.99. The maximum Gasteiger partial charge on any atom is 0.232 e. The second kappa shape index (κ2) is 4.78. The van der Waals surface area contributed by atoms with Gasteiger partial charge >= 0.3 is 0 Å². The first-order chi connectivity index (χ1) is 9.15. The van der Waals surface area contributed by atoms with Crippen LogP contribution in [0.15, 0.2) is 46.9 Å². The van der Waals surface area contributed by atoms with Gasteiger partial charge in [-0.15, -0.1) is 0 Å². The van der Waals surface area contributed by atoms with Crippen molar-refractivity contribution in [2.24, 2.45) is 0 Å². The summed E-state index contributed by atoms with van der Waals surface area (Å²) in [5.74, 6) is -0.482. The van der Waals surface area contributed by atoms with Crippen LogP contribution in [0.25, 0.3) is 0 Å². The quantitative estimate of drug-likeness (QED) is 0.894. The molecule has 19 heavy (non-hydrogen) atoms. The number of hydrogen-bond donors (Lipinski definition) is 1. The van der Waals surface area contributed by atoms with Crippen molar-refractivity contribution in [3.63, 3.8) is 0 Å². The standard InChI is InChI=1S/C15H11BrFNO/c16-13-8-10(5-6-14(13)17)18-15(19)12-7-9-3-1-2-4-11(9)12/h1-6,8,12H,7H2,(H,18,19). The average molecular weight is 320 g/mol. The molecule has 0 saturated heterocycles. The Morgan fingerprint density at radius 3 is 2.79 bits per heavy atom. The number of nitrogens with one attached hydrogen (secondary N) is 1. The molecule has 1 aliphatic carbocycles. The van der Waals surface area contributed by atoms with Gasteiger partial charge in [0.25, 0.3) is 0 Å². The monoisotopic (exact) mass is 319 g/mol. The molecule has 2 aromatic carbocycles. The molecule has 3 rings (SSSR count). The molecular formula is C15H11BrFNO. The number of fused-ring (bicyclic) bond motifs is 1. The Labute approximate surface area is 118 Å². The lowest BCUT2D eigenvalue weighted by Gasteiger charge is -2.28. The van der Waals surface area contributed by atoms with Crippen molar-refractivity contribution in [2.75, 3.05) is 5.32 Å². The van der Waals surface area contributed by atoms with E-state index in [1.807, 2.05) is 24.3 Å². The van der Waals surface area contributed by atoms with Crippen molar-refractivity contribution in [1.29, 1.82) is 0 Å². The molecule has 0 bridgehead atoms. The summed E-state index contributed by atoms with van der Waals surface area (Å²) in [6.45, 7) is 0. The summed E-state index contributed by atoms with van der Waals surface area (Å²) in [5, 5.41) is 2.82. The minimum atomic E-state index is -0.341. The first kappa shape index (κ1) is 12.4. The maximum absolute atomic E-state index is 13.1. The minimum absolute atomic E-state index is 0.0443. The lowest BCUT2D eigenvalue weighted by Crippen LogP contribution is -2.30. The molecule has 0 saturated carbocycles. The third-order valence-corrected chi connectivity index (χ3v) is 3.97. The summed E-state index contributed by atoms with van der Waals surface area (Å²) in [6.07, 6.45) is 0.768. The molecule has 0 aromatic heterocycles. The second-order valence-corrected chi connectivity index (χ2v) is 5.43. The highest BCUT2D eigenvalue weighted by Crippen LogP contribution is 2.35. The summed E-state index contributed by atoms with van der Waals surface area (Å²) in [6, 6.07) is 12.4. The third-order valence-electron chi connectivity index (χ3n) is 3.36. The smallest absolute Gasteiger partial charge is 0.232 e. The highest BCUT2D eigenvalue weighted by molar-refractivity contribution is 9.10. The SMILES string of the molecule is O=C(Nc1ccc(F)c(Br)c1)C1Cc2ccccc21. The Morgan fingerprint density at radius 2 is 2.05 bits per heavy atom. The van der Waals surface area contributed by atoms with Gasteiger partial charge in [-0.2, -0.15) is 0 Å². The Kier molecular flexibility index (Phi) is 3.11. The first-order valence-corrected chi connectivity index (χ1v) is 6.78. The predicted octanol–water partition coefficient (Wildman–Crippen LogP) is 3.87. The van der Waals surface area contributed by atoms with Gasteiger partial charge in [-0.1, -0.05) is 24.3 Å². The molecule has 0 spiro atoms. The van der Waals surface area contributed by atoms with Crippen molar-refractivity contribution < 1.29 is 9.18 Å². The fourth-order valence-electron chi connectivity index (χ4n) is 2.30. The summed E-state index contributed by atoms with van der Waals surface area (Å²) >= 11 is 3.10. The van der Waals surface area contributed by atoms with E-state index in [1.54, 1.807) is 12.1 Å². The molecule has 1 N–H and O–H groups in total. The van der Waals surface area contributed by atoms with Gasteiger partial charge in [-0.05, 0) is 51.7 Å². The van der Waals surface area contributed by atoms with Crippen LogP contribution in [0.2, 0.25) is 0 Å². The predicted molar refractivity (Wildman–Crippen MR) is 75.6 cm³/mol. The Balaban J connectivity index is 1.75. The number of benzene rings is 2. The minimum Gasteiger partial charge on any atom is -0.326 e. The number of carbonyl (C=O) groups excluding carboxylic acids is 1. The Bertz CT molecular complexity index is 656. The van der Waals surface area contributed by atoms with E-state index in [1.165, 1.54) is 11.6 Å². The van der Waals surface area contributed by atoms with Crippen molar-refractivity contribution in [3.05, 3.63) is 63.9 Å². The molecule has 0 radical (unpaired) electrons. The zero-order chi connectivity index (χ0) is 13.4. The number of amides is 1. The van der Waals surface area contributed by atoms with E-state index < -0.39 is 0 Å². The summed E-state index contributed by atoms with van der Waals surface area (Å²) in [4.78, 5) is 12.1. The van der Waals surface area contributed by atoms with E-state index in [0.29, 0.717) is 10.2 Å². The van der Waals surface area contributed by atoms with E-state index in [0.717, 1.165) is 12.0 Å². The van der Waals surface area contributed by atoms with Crippen LogP contribution in [0.1, 0.15) is 17.0 Å². The molecule has 96 valence electrons. The van der Waals surface area contributed by atoms with E-state index in [-0.39, 0.29) is 17.6 Å². The Hall–Kier alpha value is -1.68. The molecule has 0 fully saturated rings. The third kappa shape index (κ3) is 2.28. The lowest BCUT2D eigenvalue weighted by molar-refractivity contribution is -0.118. The molecular weight excluding hydrogens is 309 g/mol. The number of anilines is 1. The van der Waals surface area contributed by atoms with Gasteiger partial charge in [-0.3, -0.25) is 4.79 Å². The van der Waals surface area contributed by atoms with Gasteiger partial charge in [0.15, 0.2) is 0 Å². The number of rotatable bonds is 2. The maximum atomic E-state index is 13.1. The number of hydrogen-bond acceptors (Lipinski definition) is 1. The van der Waals surface area contributed by atoms with Crippen molar-refractivity contribution in [2.45, 2.75) is 12.3 Å². The molecule has 0 heterocycles. The molecule has 1 atom stereocenters. The first-order valence-electron chi connectivity index (χ1n) is 5.99. The van der Waals surface area contributed by atoms with E-state index in [4.69, 9.17) is 0 Å². The highest BCUT2D eigenvalue weighted by Gasteiger charge is 2.31. The van der Waals surface area contributed by atoms with Gasteiger partial charge in [-0.25, -0.2) is 4.39 Å². The summed E-state index contributed by atoms with van der Waals surface area (Å²) in [5.41, 5.74) is 2.91. The molecule has 0 aliphatic heterocycles. The fourth-order valence-corrected chi connectivity index (χ4v) is 2.67. The van der Waals surface area contributed by atoms with Crippen LogP contribution in [-0.2, 0) is 11.2 Å². The number of carbonyl (C=O) groups is 1. The topological polar surface area (TPSA) is 29.1 Å². The van der Waals surface area contributed by atoms with Gasteiger partial charge in [0.05, 0.1) is 10.4 Å². The lowest BCUT2D eigenvalue weighted by atomic mass is 9.77. The summed E-state index contributed by atoms with van der Waals surface area (Å²) in [7, 11) is 0. The molecule has 1 unspecified atom stereocenters. The molecule has 1 amide bonds. The average Bonchev–Trinajstić information content (AvgIpc) is 2.35. The van der Waals surface area contributed by atoms with Crippen molar-refractivity contribution in [3.8, 4) is 0 Å². The number of halogens is 2.